The smallest absolute Gasteiger partial charge is 0.0589 e. The zero-order chi connectivity index (χ0) is 11.4. The van der Waals surface area contributed by atoms with Gasteiger partial charge in [-0.3, -0.25) is 4.90 Å². The molecule has 0 saturated heterocycles. The van der Waals surface area contributed by atoms with Crippen LogP contribution in [-0.2, 0) is 4.74 Å². The second kappa shape index (κ2) is 5.99. The van der Waals surface area contributed by atoms with E-state index in [-0.39, 0.29) is 0 Å². The van der Waals surface area contributed by atoms with Gasteiger partial charge in [0.05, 0.1) is 6.61 Å². The van der Waals surface area contributed by atoms with Gasteiger partial charge in [-0.25, -0.2) is 0 Å². The lowest BCUT2D eigenvalue weighted by Gasteiger charge is -2.27. The van der Waals surface area contributed by atoms with E-state index in [1.807, 2.05) is 0 Å². The van der Waals surface area contributed by atoms with Crippen molar-refractivity contribution < 1.29 is 4.74 Å². The molecule has 1 atom stereocenters. The number of hydrogen-bond acceptors (Lipinski definition) is 3. The van der Waals surface area contributed by atoms with Crippen molar-refractivity contribution in [3.8, 4) is 0 Å². The molecular weight excluding hydrogens is 200 g/mol. The molecule has 0 bridgehead atoms. The average molecular weight is 226 g/mol. The highest BCUT2D eigenvalue weighted by Gasteiger charge is 2.35. The summed E-state index contributed by atoms with van der Waals surface area (Å²) in [5, 5.41) is 3.65. The topological polar surface area (TPSA) is 24.5 Å². The fraction of sp³-hybridized carbons (Fsp3) is 1.00. The maximum Gasteiger partial charge on any atom is 0.0589 e. The van der Waals surface area contributed by atoms with Crippen LogP contribution in [0.5, 0.6) is 0 Å². The minimum absolute atomic E-state index is 0.724. The molecule has 1 N–H and O–H groups in total. The minimum Gasteiger partial charge on any atom is -0.383 e. The first-order valence-corrected chi connectivity index (χ1v) is 6.81. The summed E-state index contributed by atoms with van der Waals surface area (Å²) in [4.78, 5) is 2.63. The van der Waals surface area contributed by atoms with Crippen molar-refractivity contribution in [2.24, 2.45) is 5.92 Å². The molecule has 3 heteroatoms. The van der Waals surface area contributed by atoms with Crippen molar-refractivity contribution in [2.75, 3.05) is 33.4 Å². The molecule has 2 fully saturated rings. The minimum atomic E-state index is 0.724. The molecule has 0 aromatic rings. The van der Waals surface area contributed by atoms with Gasteiger partial charge in [0, 0.05) is 32.3 Å². The lowest BCUT2D eigenvalue weighted by atomic mass is 10.1. The fourth-order valence-corrected chi connectivity index (χ4v) is 2.46. The van der Waals surface area contributed by atoms with Gasteiger partial charge in [-0.1, -0.05) is 6.92 Å². The van der Waals surface area contributed by atoms with Crippen LogP contribution < -0.4 is 5.32 Å². The quantitative estimate of drug-likeness (QED) is 0.644. The van der Waals surface area contributed by atoms with E-state index in [1.54, 1.807) is 7.11 Å². The Hall–Kier alpha value is -0.120. The molecule has 0 aromatic carbocycles. The Morgan fingerprint density at radius 3 is 2.56 bits per heavy atom. The standard InChI is InChI=1S/C13H26N2O/c1-3-14-13(11-4-5-11)10-15(8-9-16-2)12-6-7-12/h11-14H,3-10H2,1-2H3. The van der Waals surface area contributed by atoms with Crippen LogP contribution in [0.2, 0.25) is 0 Å². The van der Waals surface area contributed by atoms with E-state index >= 15 is 0 Å². The van der Waals surface area contributed by atoms with E-state index in [1.165, 1.54) is 32.2 Å². The van der Waals surface area contributed by atoms with Crippen molar-refractivity contribution in [1.82, 2.24) is 10.2 Å². The Balaban J connectivity index is 1.77. The molecule has 0 radical (unpaired) electrons. The lowest BCUT2D eigenvalue weighted by Crippen LogP contribution is -2.44. The fourth-order valence-electron chi connectivity index (χ4n) is 2.46. The summed E-state index contributed by atoms with van der Waals surface area (Å²) in [6, 6.07) is 1.58. The monoisotopic (exact) mass is 226 g/mol. The molecule has 2 saturated carbocycles. The molecule has 0 heterocycles. The van der Waals surface area contributed by atoms with Crippen LogP contribution >= 0.6 is 0 Å². The van der Waals surface area contributed by atoms with E-state index in [2.05, 4.69) is 17.1 Å². The number of nitrogens with one attached hydrogen (secondary N) is 1. The van der Waals surface area contributed by atoms with Crippen LogP contribution in [0.4, 0.5) is 0 Å². The molecule has 16 heavy (non-hydrogen) atoms. The highest BCUT2D eigenvalue weighted by molar-refractivity contribution is 4.92. The van der Waals surface area contributed by atoms with E-state index in [4.69, 9.17) is 4.74 Å². The number of ether oxygens (including phenoxy) is 1. The molecule has 3 nitrogen and oxygen atoms in total. The maximum absolute atomic E-state index is 5.21. The van der Waals surface area contributed by atoms with Crippen LogP contribution in [0.3, 0.4) is 0 Å². The highest BCUT2D eigenvalue weighted by atomic mass is 16.5. The molecule has 2 aliphatic carbocycles. The first-order chi connectivity index (χ1) is 7.85. The summed E-state index contributed by atoms with van der Waals surface area (Å²) < 4.78 is 5.21. The van der Waals surface area contributed by atoms with Crippen molar-refractivity contribution in [3.63, 3.8) is 0 Å². The molecule has 1 unspecified atom stereocenters. The third-order valence-electron chi connectivity index (χ3n) is 3.73. The number of likely N-dealkylation sites (N-methyl/N-ethyl adjacent to an activating group) is 1. The maximum atomic E-state index is 5.21. The van der Waals surface area contributed by atoms with Crippen molar-refractivity contribution in [1.29, 1.82) is 0 Å². The SMILES string of the molecule is CCNC(CN(CCOC)C1CC1)C1CC1. The van der Waals surface area contributed by atoms with Crippen LogP contribution in [0.25, 0.3) is 0 Å². The Kier molecular flexibility index (Phi) is 4.62. The highest BCUT2D eigenvalue weighted by Crippen LogP contribution is 2.34. The summed E-state index contributed by atoms with van der Waals surface area (Å²) in [6.45, 7) is 6.53. The van der Waals surface area contributed by atoms with Crippen LogP contribution in [0, 0.1) is 5.92 Å². The number of hydrogen-bond donors (Lipinski definition) is 1. The molecule has 2 rings (SSSR count). The van der Waals surface area contributed by atoms with Crippen LogP contribution in [0.1, 0.15) is 32.6 Å². The second-order valence-electron chi connectivity index (χ2n) is 5.22. The van der Waals surface area contributed by atoms with Crippen molar-refractivity contribution >= 4 is 0 Å². The zero-order valence-corrected chi connectivity index (χ0v) is 10.7. The Morgan fingerprint density at radius 2 is 2.06 bits per heavy atom. The number of rotatable bonds is 9. The zero-order valence-electron chi connectivity index (χ0n) is 10.7. The summed E-state index contributed by atoms with van der Waals surface area (Å²) in [5.41, 5.74) is 0. The van der Waals surface area contributed by atoms with E-state index in [0.29, 0.717) is 0 Å². The first-order valence-electron chi connectivity index (χ1n) is 6.81. The number of methoxy groups -OCH3 is 1. The van der Waals surface area contributed by atoms with Gasteiger partial charge in [0.25, 0.3) is 0 Å². The normalized spacial score (nSPS) is 22.7. The van der Waals surface area contributed by atoms with Crippen molar-refractivity contribution in [2.45, 2.75) is 44.7 Å². The van der Waals surface area contributed by atoms with Gasteiger partial charge in [-0.2, -0.15) is 0 Å². The molecular formula is C13H26N2O. The van der Waals surface area contributed by atoms with Gasteiger partial charge >= 0.3 is 0 Å². The van der Waals surface area contributed by atoms with Gasteiger partial charge in [-0.05, 0) is 38.1 Å². The molecule has 0 spiro atoms. The average Bonchev–Trinajstić information content (AvgIpc) is 3.16. The second-order valence-corrected chi connectivity index (χ2v) is 5.22. The van der Waals surface area contributed by atoms with Gasteiger partial charge in [-0.15, -0.1) is 0 Å². The first kappa shape index (κ1) is 12.3. The van der Waals surface area contributed by atoms with Crippen molar-refractivity contribution in [3.05, 3.63) is 0 Å². The third kappa shape index (κ3) is 3.72. The van der Waals surface area contributed by atoms with E-state index in [9.17, 15) is 0 Å². The largest absolute Gasteiger partial charge is 0.383 e. The Bertz CT molecular complexity index is 202. The summed E-state index contributed by atoms with van der Waals surface area (Å²) in [5.74, 6) is 0.948. The van der Waals surface area contributed by atoms with Crippen LogP contribution in [0.15, 0.2) is 0 Å². The van der Waals surface area contributed by atoms with E-state index < -0.39 is 0 Å². The molecule has 0 aromatic heterocycles. The van der Waals surface area contributed by atoms with Gasteiger partial charge in [0.2, 0.25) is 0 Å². The van der Waals surface area contributed by atoms with Gasteiger partial charge in [0.15, 0.2) is 0 Å². The molecule has 0 amide bonds. The summed E-state index contributed by atoms with van der Waals surface area (Å²) in [7, 11) is 1.80. The summed E-state index contributed by atoms with van der Waals surface area (Å²) in [6.07, 6.45) is 5.65. The van der Waals surface area contributed by atoms with E-state index in [0.717, 1.165) is 37.7 Å². The third-order valence-corrected chi connectivity index (χ3v) is 3.73. The predicted octanol–water partition coefficient (Wildman–Crippen LogP) is 1.49. The Morgan fingerprint density at radius 1 is 1.31 bits per heavy atom. The number of nitrogens with zero attached hydrogens (tertiary/aromatic N) is 1. The molecule has 0 aliphatic heterocycles. The van der Waals surface area contributed by atoms with Gasteiger partial charge in [0.1, 0.15) is 0 Å². The molecule has 2 aliphatic rings. The van der Waals surface area contributed by atoms with Gasteiger partial charge < -0.3 is 10.1 Å². The Labute approximate surface area is 99.5 Å². The summed E-state index contributed by atoms with van der Waals surface area (Å²) >= 11 is 0. The predicted molar refractivity (Wildman–Crippen MR) is 66.7 cm³/mol. The molecule has 94 valence electrons. The van der Waals surface area contributed by atoms with Crippen LogP contribution in [-0.4, -0.2) is 50.3 Å². The lowest BCUT2D eigenvalue weighted by molar-refractivity contribution is 0.133.